The maximum atomic E-state index is 13.6. The Balaban J connectivity index is 1.52. The summed E-state index contributed by atoms with van der Waals surface area (Å²) in [5, 5.41) is 10.0. The number of esters is 1. The molecule has 0 amide bonds. The van der Waals surface area contributed by atoms with Gasteiger partial charge in [-0.2, -0.15) is 4.98 Å². The number of ether oxygens (including phenoxy) is 2. The van der Waals surface area contributed by atoms with Crippen LogP contribution in [0, 0.1) is 0 Å². The summed E-state index contributed by atoms with van der Waals surface area (Å²) in [5.41, 5.74) is 3.79. The van der Waals surface area contributed by atoms with E-state index in [1.165, 1.54) is 11.8 Å². The average Bonchev–Trinajstić information content (AvgIpc) is 3.38. The fraction of sp³-hybridized carbons (Fsp3) is 0.258. The van der Waals surface area contributed by atoms with E-state index in [4.69, 9.17) is 42.8 Å². The van der Waals surface area contributed by atoms with E-state index in [-0.39, 0.29) is 0 Å². The van der Waals surface area contributed by atoms with Gasteiger partial charge in [0.2, 0.25) is 11.1 Å². The highest BCUT2D eigenvalue weighted by atomic mass is 79.9. The minimum Gasteiger partial charge on any atom is -0.489 e. The number of hydrogen-bond donors (Lipinski definition) is 1. The fourth-order valence-electron chi connectivity index (χ4n) is 4.50. The fourth-order valence-corrected chi connectivity index (χ4v) is 6.11. The van der Waals surface area contributed by atoms with E-state index < -0.39 is 12.0 Å². The normalized spacial score (nSPS) is 14.4. The summed E-state index contributed by atoms with van der Waals surface area (Å²) in [4.78, 5) is 18.3. The number of nitrogens with one attached hydrogen (secondary N) is 1. The van der Waals surface area contributed by atoms with Crippen LogP contribution in [-0.4, -0.2) is 27.3 Å². The van der Waals surface area contributed by atoms with E-state index in [0.29, 0.717) is 57.1 Å². The Kier molecular flexibility index (Phi) is 10.2. The molecule has 1 aliphatic rings. The van der Waals surface area contributed by atoms with E-state index in [1.807, 2.05) is 73.7 Å². The van der Waals surface area contributed by atoms with Crippen molar-refractivity contribution in [1.82, 2.24) is 14.8 Å². The summed E-state index contributed by atoms with van der Waals surface area (Å²) < 4.78 is 14.6. The molecule has 4 aromatic rings. The highest BCUT2D eigenvalue weighted by Crippen LogP contribution is 2.42. The molecule has 0 fully saturated rings. The second-order valence-corrected chi connectivity index (χ2v) is 12.4. The topological polar surface area (TPSA) is 78.3 Å². The van der Waals surface area contributed by atoms with Gasteiger partial charge in [0.05, 0.1) is 12.2 Å². The van der Waals surface area contributed by atoms with Crippen molar-refractivity contribution in [3.05, 3.63) is 109 Å². The number of thioether (sulfide) groups is 1. The van der Waals surface area contributed by atoms with Gasteiger partial charge in [-0.15, -0.1) is 5.10 Å². The molecule has 1 unspecified atom stereocenters. The monoisotopic (exact) mass is 686 g/mol. The van der Waals surface area contributed by atoms with Crippen LogP contribution in [0.4, 0.5) is 5.95 Å². The standard InChI is InChI=1S/C31H29BrCl2N4O3S/c1-3-4-15-40-29(39)27-19(2)35-30-36-31(42-18-21-7-5-6-8-25(21)34)37-38(30)28(27)24-16-22(32)11-14-26(24)41-17-20-9-12-23(33)13-10-20/h5-14,16,28H,3-4,15,17-18H2,1-2H3,(H,35,36,37). The van der Waals surface area contributed by atoms with Crippen LogP contribution in [-0.2, 0) is 21.9 Å². The van der Waals surface area contributed by atoms with Gasteiger partial charge in [0.1, 0.15) is 18.4 Å². The average molecular weight is 688 g/mol. The van der Waals surface area contributed by atoms with Crippen molar-refractivity contribution in [2.75, 3.05) is 11.9 Å². The number of carbonyl (C=O) groups excluding carboxylic acids is 1. The van der Waals surface area contributed by atoms with Crippen molar-refractivity contribution < 1.29 is 14.3 Å². The number of unbranched alkanes of at least 4 members (excludes halogenated alkanes) is 1. The molecule has 7 nitrogen and oxygen atoms in total. The molecular weight excluding hydrogens is 659 g/mol. The van der Waals surface area contributed by atoms with Gasteiger partial charge in [-0.3, -0.25) is 0 Å². The minimum absolute atomic E-state index is 0.318. The summed E-state index contributed by atoms with van der Waals surface area (Å²) >= 11 is 17.5. The predicted molar refractivity (Wildman–Crippen MR) is 171 cm³/mol. The Hall–Kier alpha value is -2.98. The second kappa shape index (κ2) is 14.0. The molecule has 218 valence electrons. The quantitative estimate of drug-likeness (QED) is 0.0959. The lowest BCUT2D eigenvalue weighted by molar-refractivity contribution is -0.139. The Morgan fingerprint density at radius 3 is 2.67 bits per heavy atom. The molecule has 3 aromatic carbocycles. The van der Waals surface area contributed by atoms with Gasteiger partial charge in [-0.05, 0) is 60.9 Å². The number of aromatic nitrogens is 3. The third-order valence-electron chi connectivity index (χ3n) is 6.67. The van der Waals surface area contributed by atoms with Crippen LogP contribution in [0.3, 0.4) is 0 Å². The van der Waals surface area contributed by atoms with E-state index >= 15 is 0 Å². The van der Waals surface area contributed by atoms with Crippen molar-refractivity contribution in [2.24, 2.45) is 0 Å². The van der Waals surface area contributed by atoms with Crippen LogP contribution in [0.1, 0.15) is 49.4 Å². The second-order valence-electron chi connectivity index (χ2n) is 9.70. The van der Waals surface area contributed by atoms with E-state index in [9.17, 15) is 4.79 Å². The first-order valence-electron chi connectivity index (χ1n) is 13.5. The van der Waals surface area contributed by atoms with Crippen LogP contribution >= 0.6 is 50.9 Å². The van der Waals surface area contributed by atoms with Gasteiger partial charge in [-0.1, -0.05) is 94.6 Å². The van der Waals surface area contributed by atoms with Crippen molar-refractivity contribution in [3.63, 3.8) is 0 Å². The molecule has 1 N–H and O–H groups in total. The molecule has 5 rings (SSSR count). The largest absolute Gasteiger partial charge is 0.489 e. The predicted octanol–water partition coefficient (Wildman–Crippen LogP) is 8.85. The summed E-state index contributed by atoms with van der Waals surface area (Å²) in [6.45, 7) is 4.56. The summed E-state index contributed by atoms with van der Waals surface area (Å²) in [5.74, 6) is 1.32. The third-order valence-corrected chi connectivity index (χ3v) is 8.67. The maximum absolute atomic E-state index is 13.6. The van der Waals surface area contributed by atoms with Crippen LogP contribution in [0.5, 0.6) is 5.75 Å². The zero-order valence-electron chi connectivity index (χ0n) is 23.1. The van der Waals surface area contributed by atoms with Crippen LogP contribution in [0.25, 0.3) is 0 Å². The van der Waals surface area contributed by atoms with Crippen molar-refractivity contribution in [1.29, 1.82) is 0 Å². The van der Waals surface area contributed by atoms with Crippen molar-refractivity contribution in [3.8, 4) is 5.75 Å². The first-order chi connectivity index (χ1) is 20.3. The van der Waals surface area contributed by atoms with Crippen LogP contribution in [0.15, 0.2) is 87.6 Å². The lowest BCUT2D eigenvalue weighted by Crippen LogP contribution is -2.30. The van der Waals surface area contributed by atoms with E-state index in [0.717, 1.165) is 34.0 Å². The SMILES string of the molecule is CCCCOC(=O)C1=C(C)Nc2nc(SCc3ccccc3Cl)nn2C1c1cc(Br)ccc1OCc1ccc(Cl)cc1. The van der Waals surface area contributed by atoms with Crippen molar-refractivity contribution >= 4 is 62.8 Å². The maximum Gasteiger partial charge on any atom is 0.338 e. The molecule has 42 heavy (non-hydrogen) atoms. The molecule has 1 atom stereocenters. The molecular formula is C31H29BrCl2N4O3S. The zero-order chi connectivity index (χ0) is 29.6. The van der Waals surface area contributed by atoms with Gasteiger partial charge in [0.25, 0.3) is 0 Å². The molecule has 0 bridgehead atoms. The number of halogens is 3. The lowest BCUT2D eigenvalue weighted by Gasteiger charge is -2.29. The lowest BCUT2D eigenvalue weighted by atomic mass is 9.95. The van der Waals surface area contributed by atoms with Crippen LogP contribution < -0.4 is 10.1 Å². The van der Waals surface area contributed by atoms with Gasteiger partial charge in [-0.25, -0.2) is 9.48 Å². The number of fused-ring (bicyclic) bond motifs is 1. The van der Waals surface area contributed by atoms with Crippen LogP contribution in [0.2, 0.25) is 10.0 Å². The number of anilines is 1. The molecule has 1 aliphatic heterocycles. The molecule has 0 saturated heterocycles. The molecule has 11 heteroatoms. The molecule has 0 spiro atoms. The summed E-state index contributed by atoms with van der Waals surface area (Å²) in [6, 6.07) is 20.3. The number of benzene rings is 3. The summed E-state index contributed by atoms with van der Waals surface area (Å²) in [7, 11) is 0. The summed E-state index contributed by atoms with van der Waals surface area (Å²) in [6.07, 6.45) is 1.69. The number of rotatable bonds is 11. The van der Waals surface area contributed by atoms with Crippen molar-refractivity contribution in [2.45, 2.75) is 50.2 Å². The molecule has 2 heterocycles. The number of nitrogens with zero attached hydrogens (tertiary/aromatic N) is 3. The molecule has 0 aliphatic carbocycles. The zero-order valence-corrected chi connectivity index (χ0v) is 27.0. The number of carbonyl (C=O) groups is 1. The Morgan fingerprint density at radius 1 is 1.12 bits per heavy atom. The number of allylic oxidation sites excluding steroid dienone is 1. The Labute approximate surface area is 267 Å². The minimum atomic E-state index is -0.643. The van der Waals surface area contributed by atoms with Gasteiger partial charge in [0, 0.05) is 31.5 Å². The smallest absolute Gasteiger partial charge is 0.338 e. The molecule has 0 saturated carbocycles. The Bertz CT molecular complexity index is 1610. The Morgan fingerprint density at radius 2 is 1.90 bits per heavy atom. The first kappa shape index (κ1) is 30.5. The number of hydrogen-bond acceptors (Lipinski definition) is 7. The van der Waals surface area contributed by atoms with Gasteiger partial charge in [0.15, 0.2) is 0 Å². The highest BCUT2D eigenvalue weighted by Gasteiger charge is 2.37. The van der Waals surface area contributed by atoms with E-state index in [2.05, 4.69) is 28.2 Å². The molecule has 0 radical (unpaired) electrons. The third kappa shape index (κ3) is 7.14. The van der Waals surface area contributed by atoms with E-state index in [1.54, 1.807) is 4.68 Å². The van der Waals surface area contributed by atoms with Gasteiger partial charge < -0.3 is 14.8 Å². The highest BCUT2D eigenvalue weighted by molar-refractivity contribution is 9.10. The van der Waals surface area contributed by atoms with Gasteiger partial charge >= 0.3 is 5.97 Å². The first-order valence-corrected chi connectivity index (χ1v) is 16.0. The molecule has 1 aromatic heterocycles.